The van der Waals surface area contributed by atoms with Gasteiger partial charge in [-0.2, -0.15) is 4.98 Å². The molecular weight excluding hydrogens is 254 g/mol. The molecule has 2 rings (SSSR count). The smallest absolute Gasteiger partial charge is 0.249 e. The van der Waals surface area contributed by atoms with Gasteiger partial charge in [0.2, 0.25) is 17.6 Å². The highest BCUT2D eigenvalue weighted by Gasteiger charge is 2.25. The molecule has 0 spiro atoms. The summed E-state index contributed by atoms with van der Waals surface area (Å²) in [7, 11) is 0. The second kappa shape index (κ2) is 5.45. The van der Waals surface area contributed by atoms with Gasteiger partial charge in [0.25, 0.3) is 0 Å². The van der Waals surface area contributed by atoms with E-state index in [0.29, 0.717) is 11.7 Å². The van der Waals surface area contributed by atoms with Gasteiger partial charge >= 0.3 is 0 Å². The average Bonchev–Trinajstić information content (AvgIpc) is 2.88. The number of carbonyl (C=O) groups is 1. The fourth-order valence-corrected chi connectivity index (χ4v) is 1.59. The molecule has 1 amide bonds. The summed E-state index contributed by atoms with van der Waals surface area (Å²) in [6, 6.07) is 9.26. The molecule has 20 heavy (non-hydrogen) atoms. The molecule has 106 valence electrons. The minimum absolute atomic E-state index is 0.0514. The minimum Gasteiger partial charge on any atom is -0.344 e. The number of amides is 1. The standard InChI is InChI=1S/C15H19N3O2/c1-10(16-14(19)15(2,3)4)13-17-12(18-20-13)11-8-6-5-7-9-11/h5-10H,1-4H3,(H,16,19)/t10-/m0/s1. The second-order valence-corrected chi connectivity index (χ2v) is 5.77. The van der Waals surface area contributed by atoms with Crippen molar-refractivity contribution >= 4 is 5.91 Å². The third-order valence-electron chi connectivity index (χ3n) is 2.87. The van der Waals surface area contributed by atoms with Gasteiger partial charge in [0.05, 0.1) is 0 Å². The number of hydrogen-bond acceptors (Lipinski definition) is 4. The Labute approximate surface area is 118 Å². The van der Waals surface area contributed by atoms with E-state index in [1.165, 1.54) is 0 Å². The third kappa shape index (κ3) is 3.23. The first kappa shape index (κ1) is 14.2. The van der Waals surface area contributed by atoms with Gasteiger partial charge in [0.1, 0.15) is 6.04 Å². The summed E-state index contributed by atoms with van der Waals surface area (Å²) in [4.78, 5) is 16.2. The average molecular weight is 273 g/mol. The van der Waals surface area contributed by atoms with Crippen LogP contribution in [0.25, 0.3) is 11.4 Å². The number of carbonyl (C=O) groups excluding carboxylic acids is 1. The van der Waals surface area contributed by atoms with Crippen LogP contribution in [0.1, 0.15) is 39.6 Å². The first-order valence-electron chi connectivity index (χ1n) is 6.58. The SMILES string of the molecule is C[C@H](NC(=O)C(C)(C)C)c1nc(-c2ccccc2)no1. The Morgan fingerprint density at radius 1 is 1.25 bits per heavy atom. The van der Waals surface area contributed by atoms with Crippen LogP contribution in [0.5, 0.6) is 0 Å². The van der Waals surface area contributed by atoms with Gasteiger partial charge in [-0.25, -0.2) is 0 Å². The topological polar surface area (TPSA) is 68.0 Å². The highest BCUT2D eigenvalue weighted by atomic mass is 16.5. The Balaban J connectivity index is 2.11. The van der Waals surface area contributed by atoms with Crippen molar-refractivity contribution in [3.05, 3.63) is 36.2 Å². The van der Waals surface area contributed by atoms with Gasteiger partial charge in [0.15, 0.2) is 0 Å². The lowest BCUT2D eigenvalue weighted by molar-refractivity contribution is -0.129. The van der Waals surface area contributed by atoms with Crippen molar-refractivity contribution in [3.8, 4) is 11.4 Å². The Hall–Kier alpha value is -2.17. The largest absolute Gasteiger partial charge is 0.344 e. The number of hydrogen-bond donors (Lipinski definition) is 1. The van der Waals surface area contributed by atoms with E-state index in [9.17, 15) is 4.79 Å². The predicted octanol–water partition coefficient (Wildman–Crippen LogP) is 2.96. The van der Waals surface area contributed by atoms with Crippen LogP contribution in [-0.2, 0) is 4.79 Å². The molecule has 0 unspecified atom stereocenters. The maximum absolute atomic E-state index is 11.9. The lowest BCUT2D eigenvalue weighted by atomic mass is 9.95. The van der Waals surface area contributed by atoms with E-state index in [1.54, 1.807) is 0 Å². The summed E-state index contributed by atoms with van der Waals surface area (Å²) < 4.78 is 5.22. The zero-order chi connectivity index (χ0) is 14.8. The zero-order valence-corrected chi connectivity index (χ0v) is 12.2. The Kier molecular flexibility index (Phi) is 3.88. The maximum Gasteiger partial charge on any atom is 0.249 e. The highest BCUT2D eigenvalue weighted by Crippen LogP contribution is 2.20. The fourth-order valence-electron chi connectivity index (χ4n) is 1.59. The number of benzene rings is 1. The van der Waals surface area contributed by atoms with Gasteiger partial charge in [-0.15, -0.1) is 0 Å². The molecule has 0 aliphatic rings. The third-order valence-corrected chi connectivity index (χ3v) is 2.87. The minimum atomic E-state index is -0.448. The van der Waals surface area contributed by atoms with Crippen LogP contribution in [0, 0.1) is 5.41 Å². The van der Waals surface area contributed by atoms with Crippen LogP contribution in [0.2, 0.25) is 0 Å². The lowest BCUT2D eigenvalue weighted by Gasteiger charge is -2.19. The van der Waals surface area contributed by atoms with Crippen LogP contribution < -0.4 is 5.32 Å². The molecule has 1 N–H and O–H groups in total. The summed E-state index contributed by atoms with van der Waals surface area (Å²) in [5, 5.41) is 6.81. The van der Waals surface area contributed by atoms with Crippen molar-refractivity contribution in [3.63, 3.8) is 0 Å². The number of nitrogens with zero attached hydrogens (tertiary/aromatic N) is 2. The van der Waals surface area contributed by atoms with Gasteiger partial charge in [-0.3, -0.25) is 4.79 Å². The van der Waals surface area contributed by atoms with Crippen molar-refractivity contribution in [2.45, 2.75) is 33.7 Å². The van der Waals surface area contributed by atoms with Gasteiger partial charge in [0, 0.05) is 11.0 Å². The van der Waals surface area contributed by atoms with Gasteiger partial charge in [-0.05, 0) is 6.92 Å². The van der Waals surface area contributed by atoms with Crippen LogP contribution >= 0.6 is 0 Å². The van der Waals surface area contributed by atoms with E-state index < -0.39 is 5.41 Å². The van der Waals surface area contributed by atoms with Crippen molar-refractivity contribution in [2.24, 2.45) is 5.41 Å². The summed E-state index contributed by atoms with van der Waals surface area (Å²) in [6.07, 6.45) is 0. The quantitative estimate of drug-likeness (QED) is 0.933. The van der Waals surface area contributed by atoms with E-state index >= 15 is 0 Å². The summed E-state index contributed by atoms with van der Waals surface area (Å²) in [5.41, 5.74) is 0.438. The van der Waals surface area contributed by atoms with E-state index in [0.717, 1.165) is 5.56 Å². The molecule has 1 aromatic heterocycles. The molecule has 0 aliphatic carbocycles. The van der Waals surface area contributed by atoms with Crippen molar-refractivity contribution < 1.29 is 9.32 Å². The number of nitrogens with one attached hydrogen (secondary N) is 1. The fraction of sp³-hybridized carbons (Fsp3) is 0.400. The van der Waals surface area contributed by atoms with Crippen molar-refractivity contribution in [2.75, 3.05) is 0 Å². The van der Waals surface area contributed by atoms with Crippen LogP contribution in [0.15, 0.2) is 34.9 Å². The lowest BCUT2D eigenvalue weighted by Crippen LogP contribution is -2.36. The van der Waals surface area contributed by atoms with Crippen molar-refractivity contribution in [1.29, 1.82) is 0 Å². The monoisotopic (exact) mass is 273 g/mol. The molecule has 1 heterocycles. The number of rotatable bonds is 3. The normalized spacial score (nSPS) is 13.0. The molecule has 2 aromatic rings. The van der Waals surface area contributed by atoms with Crippen LogP contribution in [0.4, 0.5) is 0 Å². The first-order chi connectivity index (χ1) is 9.38. The molecule has 0 fully saturated rings. The van der Waals surface area contributed by atoms with Gasteiger partial charge in [-0.1, -0.05) is 56.3 Å². The first-order valence-corrected chi connectivity index (χ1v) is 6.58. The van der Waals surface area contributed by atoms with Crippen LogP contribution in [-0.4, -0.2) is 16.0 Å². The summed E-state index contributed by atoms with van der Waals surface area (Å²) in [5.74, 6) is 0.878. The molecule has 1 atom stereocenters. The molecule has 0 radical (unpaired) electrons. The Morgan fingerprint density at radius 3 is 2.50 bits per heavy atom. The molecule has 5 nitrogen and oxygen atoms in total. The number of aromatic nitrogens is 2. The van der Waals surface area contributed by atoms with E-state index in [2.05, 4.69) is 15.5 Å². The van der Waals surface area contributed by atoms with E-state index in [4.69, 9.17) is 4.52 Å². The van der Waals surface area contributed by atoms with E-state index in [-0.39, 0.29) is 11.9 Å². The molecule has 0 saturated carbocycles. The molecular formula is C15H19N3O2. The Morgan fingerprint density at radius 2 is 1.90 bits per heavy atom. The summed E-state index contributed by atoms with van der Waals surface area (Å²) in [6.45, 7) is 7.40. The second-order valence-electron chi connectivity index (χ2n) is 5.77. The zero-order valence-electron chi connectivity index (χ0n) is 12.2. The summed E-state index contributed by atoms with van der Waals surface area (Å²) >= 11 is 0. The molecule has 5 heteroatoms. The van der Waals surface area contributed by atoms with E-state index in [1.807, 2.05) is 58.0 Å². The highest BCUT2D eigenvalue weighted by molar-refractivity contribution is 5.81. The molecule has 0 aliphatic heterocycles. The molecule has 0 saturated heterocycles. The molecule has 0 bridgehead atoms. The Bertz CT molecular complexity index is 585. The van der Waals surface area contributed by atoms with Crippen molar-refractivity contribution in [1.82, 2.24) is 15.5 Å². The van der Waals surface area contributed by atoms with Crippen LogP contribution in [0.3, 0.4) is 0 Å². The maximum atomic E-state index is 11.9. The van der Waals surface area contributed by atoms with Gasteiger partial charge < -0.3 is 9.84 Å². The predicted molar refractivity (Wildman–Crippen MR) is 75.7 cm³/mol. The molecule has 1 aromatic carbocycles.